The Labute approximate surface area is 193 Å². The Kier molecular flexibility index (Phi) is 7.19. The molecule has 174 valence electrons. The zero-order valence-corrected chi connectivity index (χ0v) is 18.7. The maximum atomic E-state index is 13.0. The lowest BCUT2D eigenvalue weighted by atomic mass is 10.2. The lowest BCUT2D eigenvalue weighted by molar-refractivity contribution is -0.137. The van der Waals surface area contributed by atoms with Crippen molar-refractivity contribution in [2.45, 2.75) is 18.0 Å². The summed E-state index contributed by atoms with van der Waals surface area (Å²) in [6.45, 7) is 1.96. The molecule has 0 radical (unpaired) electrons. The van der Waals surface area contributed by atoms with Gasteiger partial charge in [0.1, 0.15) is 5.75 Å². The molecule has 3 rings (SSSR count). The van der Waals surface area contributed by atoms with Crippen LogP contribution in [0.1, 0.15) is 22.8 Å². The number of anilines is 2. The van der Waals surface area contributed by atoms with Crippen LogP contribution < -0.4 is 14.8 Å². The first kappa shape index (κ1) is 24.4. The van der Waals surface area contributed by atoms with E-state index in [2.05, 4.69) is 10.0 Å². The SMILES string of the molecule is CCOc1ccc(S(=O)(=O)Nc2cc(C(F)(F)F)ccc2Cl)cc1NC(=O)c1ccccc1. The number of alkyl halides is 3. The minimum absolute atomic E-state index is 0.0729. The summed E-state index contributed by atoms with van der Waals surface area (Å²) in [5.41, 5.74) is -1.09. The molecule has 11 heteroatoms. The van der Waals surface area contributed by atoms with Crippen LogP contribution in [0.2, 0.25) is 5.02 Å². The Morgan fingerprint density at radius 3 is 2.33 bits per heavy atom. The van der Waals surface area contributed by atoms with Crippen molar-refractivity contribution in [2.75, 3.05) is 16.6 Å². The minimum atomic E-state index is -4.68. The number of ether oxygens (including phenoxy) is 1. The van der Waals surface area contributed by atoms with Gasteiger partial charge in [-0.05, 0) is 55.5 Å². The van der Waals surface area contributed by atoms with Crippen molar-refractivity contribution in [1.82, 2.24) is 0 Å². The zero-order valence-electron chi connectivity index (χ0n) is 17.1. The average molecular weight is 499 g/mol. The first-order valence-corrected chi connectivity index (χ1v) is 11.4. The predicted molar refractivity (Wildman–Crippen MR) is 119 cm³/mol. The number of hydrogen-bond acceptors (Lipinski definition) is 4. The molecule has 0 atom stereocenters. The molecular weight excluding hydrogens is 481 g/mol. The van der Waals surface area contributed by atoms with E-state index >= 15 is 0 Å². The fourth-order valence-corrected chi connectivity index (χ4v) is 4.14. The third kappa shape index (κ3) is 5.96. The number of benzene rings is 3. The molecule has 3 aromatic carbocycles. The zero-order chi connectivity index (χ0) is 24.2. The molecule has 2 N–H and O–H groups in total. The van der Waals surface area contributed by atoms with E-state index in [1.165, 1.54) is 12.1 Å². The molecule has 0 spiro atoms. The quantitative estimate of drug-likeness (QED) is 0.430. The summed E-state index contributed by atoms with van der Waals surface area (Å²) in [6, 6.07) is 14.2. The number of rotatable bonds is 7. The van der Waals surface area contributed by atoms with E-state index < -0.39 is 33.4 Å². The maximum Gasteiger partial charge on any atom is 0.416 e. The topological polar surface area (TPSA) is 84.5 Å². The highest BCUT2D eigenvalue weighted by Gasteiger charge is 2.31. The van der Waals surface area contributed by atoms with Crippen LogP contribution in [-0.4, -0.2) is 20.9 Å². The van der Waals surface area contributed by atoms with Gasteiger partial charge in [0.15, 0.2) is 0 Å². The Balaban J connectivity index is 1.95. The highest BCUT2D eigenvalue weighted by atomic mass is 35.5. The van der Waals surface area contributed by atoms with Gasteiger partial charge < -0.3 is 10.1 Å². The van der Waals surface area contributed by atoms with Crippen molar-refractivity contribution >= 4 is 38.9 Å². The van der Waals surface area contributed by atoms with Gasteiger partial charge in [-0.25, -0.2) is 8.42 Å². The number of halogens is 4. The smallest absolute Gasteiger partial charge is 0.416 e. The fraction of sp³-hybridized carbons (Fsp3) is 0.136. The molecule has 0 unspecified atom stereocenters. The molecule has 0 aliphatic rings. The lowest BCUT2D eigenvalue weighted by Crippen LogP contribution is -2.16. The number of carbonyl (C=O) groups excluding carboxylic acids is 1. The number of carbonyl (C=O) groups is 1. The van der Waals surface area contributed by atoms with Crippen LogP contribution in [0.15, 0.2) is 71.6 Å². The lowest BCUT2D eigenvalue weighted by Gasteiger charge is -2.15. The molecule has 33 heavy (non-hydrogen) atoms. The second-order valence-electron chi connectivity index (χ2n) is 6.71. The third-order valence-electron chi connectivity index (χ3n) is 4.38. The molecule has 3 aromatic rings. The molecule has 0 aliphatic heterocycles. The molecule has 0 saturated carbocycles. The van der Waals surface area contributed by atoms with Gasteiger partial charge in [0.2, 0.25) is 0 Å². The normalized spacial score (nSPS) is 11.7. The van der Waals surface area contributed by atoms with Gasteiger partial charge in [0.05, 0.1) is 33.5 Å². The molecule has 0 fully saturated rings. The van der Waals surface area contributed by atoms with Crippen molar-refractivity contribution in [3.63, 3.8) is 0 Å². The van der Waals surface area contributed by atoms with Crippen LogP contribution in [0.3, 0.4) is 0 Å². The van der Waals surface area contributed by atoms with Gasteiger partial charge in [0.25, 0.3) is 15.9 Å². The van der Waals surface area contributed by atoms with E-state index in [0.29, 0.717) is 11.6 Å². The second-order valence-corrected chi connectivity index (χ2v) is 8.80. The first-order valence-electron chi connectivity index (χ1n) is 9.54. The molecule has 1 amide bonds. The highest BCUT2D eigenvalue weighted by Crippen LogP contribution is 2.35. The van der Waals surface area contributed by atoms with E-state index in [1.807, 2.05) is 0 Å². The number of amides is 1. The van der Waals surface area contributed by atoms with Gasteiger partial charge in [0, 0.05) is 5.56 Å². The Morgan fingerprint density at radius 2 is 1.70 bits per heavy atom. The van der Waals surface area contributed by atoms with Crippen LogP contribution >= 0.6 is 11.6 Å². The van der Waals surface area contributed by atoms with E-state index in [0.717, 1.165) is 18.2 Å². The van der Waals surface area contributed by atoms with Gasteiger partial charge in [-0.3, -0.25) is 9.52 Å². The molecule has 0 bridgehead atoms. The van der Waals surface area contributed by atoms with Gasteiger partial charge in [-0.15, -0.1) is 0 Å². The summed E-state index contributed by atoms with van der Waals surface area (Å²) < 4.78 is 72.3. The second kappa shape index (κ2) is 9.72. The molecule has 0 saturated heterocycles. The third-order valence-corrected chi connectivity index (χ3v) is 6.08. The summed E-state index contributed by atoms with van der Waals surface area (Å²) in [4.78, 5) is 12.2. The Bertz CT molecular complexity index is 1270. The number of nitrogens with one attached hydrogen (secondary N) is 2. The van der Waals surface area contributed by atoms with Crippen molar-refractivity contribution < 1.29 is 31.1 Å². The molecule has 0 heterocycles. The molecule has 0 aliphatic carbocycles. The summed E-state index contributed by atoms with van der Waals surface area (Å²) >= 11 is 5.90. The maximum absolute atomic E-state index is 13.0. The number of sulfonamides is 1. The summed E-state index contributed by atoms with van der Waals surface area (Å²) in [5.74, 6) is -0.280. The summed E-state index contributed by atoms with van der Waals surface area (Å²) in [6.07, 6.45) is -4.68. The summed E-state index contributed by atoms with van der Waals surface area (Å²) in [5, 5.41) is 2.38. The van der Waals surface area contributed by atoms with Crippen molar-refractivity contribution in [1.29, 1.82) is 0 Å². The molecular formula is C22H18ClF3N2O4S. The van der Waals surface area contributed by atoms with Crippen LogP contribution in [-0.2, 0) is 16.2 Å². The van der Waals surface area contributed by atoms with E-state index in [-0.39, 0.29) is 28.0 Å². The average Bonchev–Trinajstić information content (AvgIpc) is 2.76. The Morgan fingerprint density at radius 1 is 1.00 bits per heavy atom. The Hall–Kier alpha value is -3.24. The van der Waals surface area contributed by atoms with Crippen molar-refractivity contribution in [3.8, 4) is 5.75 Å². The van der Waals surface area contributed by atoms with Crippen LogP contribution in [0, 0.1) is 0 Å². The highest BCUT2D eigenvalue weighted by molar-refractivity contribution is 7.92. The summed E-state index contributed by atoms with van der Waals surface area (Å²) in [7, 11) is -4.36. The van der Waals surface area contributed by atoms with E-state index in [4.69, 9.17) is 16.3 Å². The standard InChI is InChI=1S/C22H18ClF3N2O4S/c1-2-32-20-11-9-16(13-19(20)27-21(29)14-6-4-3-5-7-14)33(30,31)28-18-12-15(22(24,25)26)8-10-17(18)23/h3-13,28H,2H2,1H3,(H,27,29). The van der Waals surface area contributed by atoms with Gasteiger partial charge in [-0.1, -0.05) is 29.8 Å². The monoisotopic (exact) mass is 498 g/mol. The largest absolute Gasteiger partial charge is 0.492 e. The first-order chi connectivity index (χ1) is 15.5. The van der Waals surface area contributed by atoms with Crippen molar-refractivity contribution in [3.05, 3.63) is 82.9 Å². The van der Waals surface area contributed by atoms with E-state index in [1.54, 1.807) is 37.3 Å². The number of hydrogen-bond donors (Lipinski definition) is 2. The predicted octanol–water partition coefficient (Wildman–Crippen LogP) is 5.81. The van der Waals surface area contributed by atoms with Gasteiger partial charge >= 0.3 is 6.18 Å². The molecule has 0 aromatic heterocycles. The minimum Gasteiger partial charge on any atom is -0.492 e. The van der Waals surface area contributed by atoms with Crippen LogP contribution in [0.4, 0.5) is 24.5 Å². The van der Waals surface area contributed by atoms with E-state index in [9.17, 15) is 26.4 Å². The fourth-order valence-electron chi connectivity index (χ4n) is 2.82. The van der Waals surface area contributed by atoms with Crippen LogP contribution in [0.5, 0.6) is 5.75 Å². The molecule has 6 nitrogen and oxygen atoms in total. The van der Waals surface area contributed by atoms with Crippen LogP contribution in [0.25, 0.3) is 0 Å². The van der Waals surface area contributed by atoms with Gasteiger partial charge in [-0.2, -0.15) is 13.2 Å². The van der Waals surface area contributed by atoms with Crippen molar-refractivity contribution in [2.24, 2.45) is 0 Å².